The van der Waals surface area contributed by atoms with E-state index in [2.05, 4.69) is 32.5 Å². The first kappa shape index (κ1) is 14.5. The number of rotatable bonds is 5. The summed E-state index contributed by atoms with van der Waals surface area (Å²) in [6, 6.07) is -0.181. The van der Waals surface area contributed by atoms with Gasteiger partial charge in [0.15, 0.2) is 0 Å². The standard InChI is InChI=1S/C13H22N6O/c1-3-5-9-11(18-14)16-8-17-12(9)19-7-6-15-13(20)10(19)4-2/h8,10H,3-7,14H2,1-2H3,(H,15,20)(H,16,17,18). The molecule has 0 aliphatic carbocycles. The molecule has 4 N–H and O–H groups in total. The van der Waals surface area contributed by atoms with Gasteiger partial charge in [-0.2, -0.15) is 0 Å². The van der Waals surface area contributed by atoms with E-state index in [0.29, 0.717) is 12.4 Å². The van der Waals surface area contributed by atoms with Crippen LogP contribution in [0.3, 0.4) is 0 Å². The zero-order valence-electron chi connectivity index (χ0n) is 12.0. The van der Waals surface area contributed by atoms with Crippen LogP contribution in [0, 0.1) is 0 Å². The molecule has 1 saturated heterocycles. The number of amides is 1. The lowest BCUT2D eigenvalue weighted by molar-refractivity contribution is -0.123. The van der Waals surface area contributed by atoms with Crippen molar-refractivity contribution < 1.29 is 4.79 Å². The summed E-state index contributed by atoms with van der Waals surface area (Å²) in [7, 11) is 0. The number of carbonyl (C=O) groups excluding carboxylic acids is 1. The highest BCUT2D eigenvalue weighted by atomic mass is 16.2. The predicted molar refractivity (Wildman–Crippen MR) is 78.3 cm³/mol. The minimum Gasteiger partial charge on any atom is -0.353 e. The molecule has 110 valence electrons. The van der Waals surface area contributed by atoms with Crippen molar-refractivity contribution in [1.82, 2.24) is 15.3 Å². The molecule has 0 bridgehead atoms. The third-order valence-corrected chi connectivity index (χ3v) is 3.55. The van der Waals surface area contributed by atoms with Crippen LogP contribution in [0.5, 0.6) is 0 Å². The summed E-state index contributed by atoms with van der Waals surface area (Å²) < 4.78 is 0. The Morgan fingerprint density at radius 1 is 1.50 bits per heavy atom. The molecule has 1 aromatic heterocycles. The van der Waals surface area contributed by atoms with Crippen molar-refractivity contribution in [3.63, 3.8) is 0 Å². The Bertz CT molecular complexity index is 478. The van der Waals surface area contributed by atoms with Crippen molar-refractivity contribution >= 4 is 17.5 Å². The minimum atomic E-state index is -0.181. The van der Waals surface area contributed by atoms with E-state index in [1.165, 1.54) is 6.33 Å². The van der Waals surface area contributed by atoms with Crippen LogP contribution in [0.15, 0.2) is 6.33 Å². The smallest absolute Gasteiger partial charge is 0.242 e. The van der Waals surface area contributed by atoms with Crippen molar-refractivity contribution in [2.24, 2.45) is 5.84 Å². The second-order valence-electron chi connectivity index (χ2n) is 4.83. The van der Waals surface area contributed by atoms with Gasteiger partial charge in [-0.15, -0.1) is 0 Å². The maximum atomic E-state index is 12.0. The normalized spacial score (nSPS) is 18.9. The van der Waals surface area contributed by atoms with E-state index in [9.17, 15) is 4.79 Å². The van der Waals surface area contributed by atoms with Gasteiger partial charge in [0.25, 0.3) is 0 Å². The number of nitrogens with two attached hydrogens (primary N) is 1. The highest BCUT2D eigenvalue weighted by Crippen LogP contribution is 2.27. The molecule has 1 aromatic rings. The van der Waals surface area contributed by atoms with Crippen LogP contribution < -0.4 is 21.5 Å². The van der Waals surface area contributed by atoms with E-state index >= 15 is 0 Å². The van der Waals surface area contributed by atoms with E-state index in [-0.39, 0.29) is 11.9 Å². The monoisotopic (exact) mass is 278 g/mol. The Balaban J connectivity index is 2.41. The number of piperazine rings is 1. The number of nitrogens with zero attached hydrogens (tertiary/aromatic N) is 3. The highest BCUT2D eigenvalue weighted by molar-refractivity contribution is 5.86. The second kappa shape index (κ2) is 6.51. The van der Waals surface area contributed by atoms with Crippen molar-refractivity contribution in [2.45, 2.75) is 39.2 Å². The van der Waals surface area contributed by atoms with Gasteiger partial charge in [0.2, 0.25) is 5.91 Å². The predicted octanol–water partition coefficient (Wildman–Crippen LogP) is 0.430. The van der Waals surface area contributed by atoms with Crippen LogP contribution in [0.4, 0.5) is 11.6 Å². The lowest BCUT2D eigenvalue weighted by Gasteiger charge is -2.36. The first-order chi connectivity index (χ1) is 9.72. The zero-order valence-corrected chi connectivity index (χ0v) is 12.0. The molecule has 1 fully saturated rings. The number of hydrazine groups is 1. The maximum Gasteiger partial charge on any atom is 0.242 e. The zero-order chi connectivity index (χ0) is 14.5. The van der Waals surface area contributed by atoms with Gasteiger partial charge < -0.3 is 15.6 Å². The Kier molecular flexibility index (Phi) is 4.73. The summed E-state index contributed by atoms with van der Waals surface area (Å²) in [4.78, 5) is 22.6. The molecule has 1 aliphatic heterocycles. The average Bonchev–Trinajstić information content (AvgIpc) is 2.47. The van der Waals surface area contributed by atoms with Gasteiger partial charge in [0.05, 0.1) is 0 Å². The fraction of sp³-hybridized carbons (Fsp3) is 0.615. The molecule has 7 heteroatoms. The number of anilines is 2. The highest BCUT2D eigenvalue weighted by Gasteiger charge is 2.30. The van der Waals surface area contributed by atoms with Gasteiger partial charge in [-0.1, -0.05) is 20.3 Å². The Morgan fingerprint density at radius 2 is 2.30 bits per heavy atom. The number of hydrogen-bond donors (Lipinski definition) is 3. The molecule has 0 spiro atoms. The summed E-state index contributed by atoms with van der Waals surface area (Å²) >= 11 is 0. The minimum absolute atomic E-state index is 0.0575. The average molecular weight is 278 g/mol. The third-order valence-electron chi connectivity index (χ3n) is 3.55. The van der Waals surface area contributed by atoms with Gasteiger partial charge in [-0.05, 0) is 12.8 Å². The van der Waals surface area contributed by atoms with E-state index in [0.717, 1.165) is 37.2 Å². The lowest BCUT2D eigenvalue weighted by Crippen LogP contribution is -2.55. The summed E-state index contributed by atoms with van der Waals surface area (Å²) in [5.74, 6) is 7.05. The Morgan fingerprint density at radius 3 is 2.95 bits per heavy atom. The fourth-order valence-corrected chi connectivity index (χ4v) is 2.63. The van der Waals surface area contributed by atoms with Crippen molar-refractivity contribution in [3.8, 4) is 0 Å². The molecule has 7 nitrogen and oxygen atoms in total. The summed E-state index contributed by atoms with van der Waals surface area (Å²) in [6.45, 7) is 5.49. The Hall–Kier alpha value is -1.89. The molecule has 1 atom stereocenters. The van der Waals surface area contributed by atoms with Crippen molar-refractivity contribution in [2.75, 3.05) is 23.4 Å². The van der Waals surface area contributed by atoms with Gasteiger partial charge in [-0.3, -0.25) is 4.79 Å². The van der Waals surface area contributed by atoms with Gasteiger partial charge in [-0.25, -0.2) is 15.8 Å². The van der Waals surface area contributed by atoms with Crippen LogP contribution in [0.2, 0.25) is 0 Å². The van der Waals surface area contributed by atoms with Gasteiger partial charge >= 0.3 is 0 Å². The van der Waals surface area contributed by atoms with E-state index < -0.39 is 0 Å². The fourth-order valence-electron chi connectivity index (χ4n) is 2.63. The van der Waals surface area contributed by atoms with Crippen LogP contribution in [0.25, 0.3) is 0 Å². The number of aromatic nitrogens is 2. The molecule has 1 unspecified atom stereocenters. The number of hydrogen-bond acceptors (Lipinski definition) is 6. The van der Waals surface area contributed by atoms with Crippen LogP contribution in [-0.2, 0) is 11.2 Å². The van der Waals surface area contributed by atoms with Crippen LogP contribution in [-0.4, -0.2) is 35.0 Å². The molecule has 0 saturated carbocycles. The number of nitrogens with one attached hydrogen (secondary N) is 2. The molecule has 2 rings (SSSR count). The topological polar surface area (TPSA) is 96.2 Å². The van der Waals surface area contributed by atoms with Gasteiger partial charge in [0.1, 0.15) is 24.0 Å². The first-order valence-electron chi connectivity index (χ1n) is 7.07. The van der Waals surface area contributed by atoms with E-state index in [1.807, 2.05) is 6.92 Å². The molecular formula is C13H22N6O. The quantitative estimate of drug-likeness (QED) is 0.534. The van der Waals surface area contributed by atoms with E-state index in [4.69, 9.17) is 5.84 Å². The molecular weight excluding hydrogens is 256 g/mol. The summed E-state index contributed by atoms with van der Waals surface area (Å²) in [5.41, 5.74) is 3.60. The third kappa shape index (κ3) is 2.67. The number of carbonyl (C=O) groups is 1. The van der Waals surface area contributed by atoms with Crippen molar-refractivity contribution in [1.29, 1.82) is 0 Å². The SMILES string of the molecule is CCCc1c(NN)ncnc1N1CCNC(=O)C1CC. The molecule has 1 aliphatic rings. The van der Waals surface area contributed by atoms with E-state index in [1.54, 1.807) is 0 Å². The molecule has 2 heterocycles. The summed E-state index contributed by atoms with van der Waals surface area (Å²) in [5, 5.41) is 2.90. The van der Waals surface area contributed by atoms with Crippen LogP contribution in [0.1, 0.15) is 32.3 Å². The summed E-state index contributed by atoms with van der Waals surface area (Å²) in [6.07, 6.45) is 4.02. The molecule has 0 aromatic carbocycles. The maximum absolute atomic E-state index is 12.0. The van der Waals surface area contributed by atoms with Gasteiger partial charge in [0, 0.05) is 18.7 Å². The first-order valence-corrected chi connectivity index (χ1v) is 7.07. The van der Waals surface area contributed by atoms with Crippen LogP contribution >= 0.6 is 0 Å². The second-order valence-corrected chi connectivity index (χ2v) is 4.83. The largest absolute Gasteiger partial charge is 0.353 e. The molecule has 20 heavy (non-hydrogen) atoms. The number of nitrogen functional groups attached to an aromatic ring is 1. The molecule has 1 amide bonds. The Labute approximate surface area is 118 Å². The lowest BCUT2D eigenvalue weighted by atomic mass is 10.1. The van der Waals surface area contributed by atoms with Crippen molar-refractivity contribution in [3.05, 3.63) is 11.9 Å². The molecule has 0 radical (unpaired) electrons.